The molecule has 0 amide bonds. The van der Waals surface area contributed by atoms with E-state index in [4.69, 9.17) is 0 Å². The molecule has 0 radical (unpaired) electrons. The molecule has 0 rings (SSSR count). The average molecular weight is 173 g/mol. The van der Waals surface area contributed by atoms with Crippen molar-refractivity contribution in [2.75, 3.05) is 7.18 Å². The minimum absolute atomic E-state index is 0.0121. The molecule has 0 aliphatic heterocycles. The quantitative estimate of drug-likeness (QED) is 0.374. The Morgan fingerprint density at radius 3 is 2.33 bits per heavy atom. The van der Waals surface area contributed by atoms with Crippen LogP contribution in [0.1, 0.15) is 6.92 Å². The lowest BCUT2D eigenvalue weighted by Gasteiger charge is -1.85. The third-order valence-corrected chi connectivity index (χ3v) is 0.879. The van der Waals surface area contributed by atoms with Crippen molar-refractivity contribution in [3.05, 3.63) is 46.7 Å². The first-order chi connectivity index (χ1) is 5.72. The number of hydrogen-bond acceptors (Lipinski definition) is 2. The predicted octanol–water partition coefficient (Wildman–Crippen LogP) is 2.49. The lowest BCUT2D eigenvalue weighted by atomic mass is 10.4. The molecule has 0 unspecified atom stereocenters. The number of hydrogen-bond donors (Lipinski definition) is 0. The second kappa shape index (κ2) is 9.55. The zero-order chi connectivity index (χ0) is 9.98. The first-order valence-electron chi connectivity index (χ1n) is 3.20. The molecule has 3 nitrogen and oxygen atoms in total. The van der Waals surface area contributed by atoms with Gasteiger partial charge in [0.05, 0.1) is 12.1 Å². The fourth-order valence-electron chi connectivity index (χ4n) is 0.398. The molecule has 0 heterocycles. The Hall–Kier alpha value is -1.45. The molecule has 0 aliphatic rings. The standard InChI is InChI=1S/C7H9NO2.CH3F/c1-3-5-6-7(4-2)8(9)10;1-2/h3-6H,2H2,1H3;1H3/b5-3-,7-6+;. The molecule has 0 N–H and O–H groups in total. The van der Waals surface area contributed by atoms with Crippen LogP contribution < -0.4 is 0 Å². The molecular weight excluding hydrogens is 161 g/mol. The third-order valence-electron chi connectivity index (χ3n) is 0.879. The lowest BCUT2D eigenvalue weighted by Crippen LogP contribution is -1.93. The monoisotopic (exact) mass is 173 g/mol. The van der Waals surface area contributed by atoms with Crippen LogP contribution in [0.15, 0.2) is 36.6 Å². The Bertz CT molecular complexity index is 197. The van der Waals surface area contributed by atoms with E-state index < -0.39 is 4.92 Å². The van der Waals surface area contributed by atoms with Crippen molar-refractivity contribution in [2.24, 2.45) is 0 Å². The summed E-state index contributed by atoms with van der Waals surface area (Å²) in [5.74, 6) is 0. The third kappa shape index (κ3) is 6.67. The van der Waals surface area contributed by atoms with E-state index in [0.29, 0.717) is 7.18 Å². The summed E-state index contributed by atoms with van der Waals surface area (Å²) in [6, 6.07) is 0. The summed E-state index contributed by atoms with van der Waals surface area (Å²) in [5.41, 5.74) is 0.0121. The maximum atomic E-state index is 10.1. The number of alkyl halides is 1. The van der Waals surface area contributed by atoms with Gasteiger partial charge in [0.15, 0.2) is 0 Å². The maximum Gasteiger partial charge on any atom is 0.268 e. The van der Waals surface area contributed by atoms with Gasteiger partial charge in [-0.3, -0.25) is 14.5 Å². The van der Waals surface area contributed by atoms with Crippen molar-refractivity contribution in [3.8, 4) is 0 Å². The summed E-state index contributed by atoms with van der Waals surface area (Å²) in [5, 5.41) is 10.1. The van der Waals surface area contributed by atoms with E-state index in [2.05, 4.69) is 6.58 Å². The summed E-state index contributed by atoms with van der Waals surface area (Å²) >= 11 is 0. The van der Waals surface area contributed by atoms with Gasteiger partial charge in [-0.15, -0.1) is 0 Å². The Kier molecular flexibility index (Phi) is 10.5. The van der Waals surface area contributed by atoms with Crippen LogP contribution in [0, 0.1) is 10.1 Å². The zero-order valence-electron chi connectivity index (χ0n) is 7.16. The van der Waals surface area contributed by atoms with Gasteiger partial charge in [-0.25, -0.2) is 0 Å². The second-order valence-corrected chi connectivity index (χ2v) is 1.58. The molecule has 0 atom stereocenters. The SMILES string of the molecule is C=C/C(=C\C=C/C)[N+](=O)[O-].CF. The van der Waals surface area contributed by atoms with Crippen molar-refractivity contribution in [2.45, 2.75) is 6.92 Å². The van der Waals surface area contributed by atoms with Crippen LogP contribution in [0.3, 0.4) is 0 Å². The largest absolute Gasteiger partial charge is 0.268 e. The Morgan fingerprint density at radius 1 is 1.58 bits per heavy atom. The van der Waals surface area contributed by atoms with E-state index in [1.54, 1.807) is 19.1 Å². The molecule has 0 bridgehead atoms. The van der Waals surface area contributed by atoms with Gasteiger partial charge in [-0.2, -0.15) is 0 Å². The maximum absolute atomic E-state index is 10.1. The van der Waals surface area contributed by atoms with Gasteiger partial charge < -0.3 is 0 Å². The van der Waals surface area contributed by atoms with Crippen molar-refractivity contribution in [1.82, 2.24) is 0 Å². The number of allylic oxidation sites excluding steroid dienone is 4. The van der Waals surface area contributed by atoms with Gasteiger partial charge in [0, 0.05) is 12.2 Å². The van der Waals surface area contributed by atoms with Crippen LogP contribution in [0.2, 0.25) is 0 Å². The zero-order valence-corrected chi connectivity index (χ0v) is 7.16. The Morgan fingerprint density at radius 2 is 2.08 bits per heavy atom. The minimum Gasteiger partial charge on any atom is -0.258 e. The molecule has 0 fully saturated rings. The van der Waals surface area contributed by atoms with E-state index >= 15 is 0 Å². The summed E-state index contributed by atoms with van der Waals surface area (Å²) in [7, 11) is 0.500. The summed E-state index contributed by atoms with van der Waals surface area (Å²) < 4.78 is 9.50. The molecule has 0 aromatic rings. The lowest BCUT2D eigenvalue weighted by molar-refractivity contribution is -0.418. The fraction of sp³-hybridized carbons (Fsp3) is 0.250. The fourth-order valence-corrected chi connectivity index (χ4v) is 0.398. The Balaban J connectivity index is 0. The van der Waals surface area contributed by atoms with Gasteiger partial charge in [-0.1, -0.05) is 18.7 Å². The molecule has 0 spiro atoms. The van der Waals surface area contributed by atoms with Crippen LogP contribution in [0.4, 0.5) is 4.39 Å². The van der Waals surface area contributed by atoms with Gasteiger partial charge >= 0.3 is 0 Å². The summed E-state index contributed by atoms with van der Waals surface area (Å²) in [6.45, 7) is 5.08. The number of halogens is 1. The first-order valence-corrected chi connectivity index (χ1v) is 3.20. The van der Waals surface area contributed by atoms with Crippen LogP contribution in [0.25, 0.3) is 0 Å². The first kappa shape index (κ1) is 13.2. The molecular formula is C8H12FNO2. The van der Waals surface area contributed by atoms with E-state index in [9.17, 15) is 14.5 Å². The summed E-state index contributed by atoms with van der Waals surface area (Å²) in [6.07, 6.45) is 5.92. The highest BCUT2D eigenvalue weighted by atomic mass is 19.1. The normalized spacial score (nSPS) is 10.4. The molecule has 4 heteroatoms. The molecule has 68 valence electrons. The Labute approximate surface area is 71.0 Å². The number of rotatable bonds is 3. The number of nitro groups is 1. The van der Waals surface area contributed by atoms with E-state index in [0.717, 1.165) is 0 Å². The van der Waals surface area contributed by atoms with Gasteiger partial charge in [0.1, 0.15) is 0 Å². The molecule has 0 saturated heterocycles. The van der Waals surface area contributed by atoms with Crippen molar-refractivity contribution < 1.29 is 9.31 Å². The van der Waals surface area contributed by atoms with Crippen LogP contribution >= 0.6 is 0 Å². The van der Waals surface area contributed by atoms with E-state index in [1.165, 1.54) is 12.2 Å². The van der Waals surface area contributed by atoms with Crippen molar-refractivity contribution >= 4 is 0 Å². The molecule has 0 aliphatic carbocycles. The molecule has 0 aromatic heterocycles. The van der Waals surface area contributed by atoms with Crippen LogP contribution in [0.5, 0.6) is 0 Å². The molecule has 12 heavy (non-hydrogen) atoms. The highest BCUT2D eigenvalue weighted by Crippen LogP contribution is 1.95. The molecule has 0 aromatic carbocycles. The summed E-state index contributed by atoms with van der Waals surface area (Å²) in [4.78, 5) is 9.59. The highest BCUT2D eigenvalue weighted by Gasteiger charge is 2.00. The minimum atomic E-state index is -0.479. The van der Waals surface area contributed by atoms with Gasteiger partial charge in [-0.05, 0) is 6.92 Å². The van der Waals surface area contributed by atoms with Crippen LogP contribution in [-0.2, 0) is 0 Å². The number of nitrogens with zero attached hydrogens (tertiary/aromatic N) is 1. The van der Waals surface area contributed by atoms with Crippen molar-refractivity contribution in [1.29, 1.82) is 0 Å². The average Bonchev–Trinajstić information content (AvgIpc) is 2.09. The molecule has 0 saturated carbocycles. The van der Waals surface area contributed by atoms with E-state index in [1.807, 2.05) is 0 Å². The smallest absolute Gasteiger partial charge is 0.258 e. The second-order valence-electron chi connectivity index (χ2n) is 1.58. The van der Waals surface area contributed by atoms with Gasteiger partial charge in [0.25, 0.3) is 5.70 Å². The predicted molar refractivity (Wildman–Crippen MR) is 47.1 cm³/mol. The van der Waals surface area contributed by atoms with Gasteiger partial charge in [0.2, 0.25) is 0 Å². The highest BCUT2D eigenvalue weighted by molar-refractivity contribution is 5.14. The van der Waals surface area contributed by atoms with E-state index in [-0.39, 0.29) is 5.70 Å². The topological polar surface area (TPSA) is 43.1 Å². The van der Waals surface area contributed by atoms with Crippen molar-refractivity contribution in [3.63, 3.8) is 0 Å². The van der Waals surface area contributed by atoms with Crippen LogP contribution in [-0.4, -0.2) is 12.1 Å².